The number of nitrogens with zero attached hydrogens (tertiary/aromatic N) is 1. The van der Waals surface area contributed by atoms with Gasteiger partial charge < -0.3 is 16.0 Å². The summed E-state index contributed by atoms with van der Waals surface area (Å²) in [6, 6.07) is 8.68. The van der Waals surface area contributed by atoms with E-state index in [0.717, 1.165) is 24.2 Å². The SMILES string of the molecule is NC1CCCC(Nc2ccc(-n3cc[nH]c3=O)cc2)C1. The standard InChI is InChI=1S/C15H20N4O/c16-11-2-1-3-13(10-11)18-12-4-6-14(7-5-12)19-9-8-17-15(19)20/h4-9,11,13,18H,1-3,10,16H2,(H,17,20). The number of H-pyrrole nitrogens is 1. The van der Waals surface area contributed by atoms with Crippen LogP contribution in [0.1, 0.15) is 25.7 Å². The van der Waals surface area contributed by atoms with Crippen LogP contribution < -0.4 is 16.7 Å². The van der Waals surface area contributed by atoms with Gasteiger partial charge in [0.15, 0.2) is 0 Å². The van der Waals surface area contributed by atoms with Crippen LogP contribution in [0, 0.1) is 0 Å². The third kappa shape index (κ3) is 2.77. The molecule has 20 heavy (non-hydrogen) atoms. The van der Waals surface area contributed by atoms with Gasteiger partial charge in [-0.15, -0.1) is 0 Å². The minimum Gasteiger partial charge on any atom is -0.382 e. The number of aromatic nitrogens is 2. The monoisotopic (exact) mass is 272 g/mol. The van der Waals surface area contributed by atoms with Crippen LogP contribution in [0.2, 0.25) is 0 Å². The number of aromatic amines is 1. The van der Waals surface area contributed by atoms with Crippen LogP contribution in [0.15, 0.2) is 41.5 Å². The summed E-state index contributed by atoms with van der Waals surface area (Å²) in [6.07, 6.45) is 7.89. The minimum absolute atomic E-state index is 0.121. The van der Waals surface area contributed by atoms with Crippen molar-refractivity contribution >= 4 is 5.69 Å². The highest BCUT2D eigenvalue weighted by atomic mass is 16.1. The van der Waals surface area contributed by atoms with Crippen molar-refractivity contribution in [3.63, 3.8) is 0 Å². The molecule has 1 aromatic heterocycles. The number of nitrogens with two attached hydrogens (primary N) is 1. The fraction of sp³-hybridized carbons (Fsp3) is 0.400. The zero-order chi connectivity index (χ0) is 13.9. The lowest BCUT2D eigenvalue weighted by molar-refractivity contribution is 0.409. The number of imidazole rings is 1. The molecule has 4 N–H and O–H groups in total. The van der Waals surface area contributed by atoms with Crippen LogP contribution >= 0.6 is 0 Å². The maximum Gasteiger partial charge on any atom is 0.330 e. The number of nitrogens with one attached hydrogen (secondary N) is 2. The molecule has 2 unspecified atom stereocenters. The number of anilines is 1. The third-order valence-corrected chi connectivity index (χ3v) is 3.88. The second-order valence-electron chi connectivity index (χ2n) is 5.45. The van der Waals surface area contributed by atoms with E-state index in [4.69, 9.17) is 5.73 Å². The quantitative estimate of drug-likeness (QED) is 0.798. The lowest BCUT2D eigenvalue weighted by atomic mass is 9.91. The van der Waals surface area contributed by atoms with Gasteiger partial charge >= 0.3 is 5.69 Å². The van der Waals surface area contributed by atoms with Crippen molar-refractivity contribution in [1.29, 1.82) is 0 Å². The van der Waals surface area contributed by atoms with Gasteiger partial charge in [0.2, 0.25) is 0 Å². The van der Waals surface area contributed by atoms with E-state index in [1.54, 1.807) is 17.0 Å². The summed E-state index contributed by atoms with van der Waals surface area (Å²) < 4.78 is 1.58. The molecule has 5 heteroatoms. The van der Waals surface area contributed by atoms with Crippen LogP contribution in [0.5, 0.6) is 0 Å². The Balaban J connectivity index is 1.70. The molecule has 0 radical (unpaired) electrons. The van der Waals surface area contributed by atoms with E-state index < -0.39 is 0 Å². The molecule has 1 aromatic carbocycles. The van der Waals surface area contributed by atoms with Crippen molar-refractivity contribution in [2.75, 3.05) is 5.32 Å². The average molecular weight is 272 g/mol. The van der Waals surface area contributed by atoms with Crippen molar-refractivity contribution in [2.24, 2.45) is 5.73 Å². The summed E-state index contributed by atoms with van der Waals surface area (Å²) in [5.74, 6) is 0. The van der Waals surface area contributed by atoms with E-state index in [-0.39, 0.29) is 5.69 Å². The van der Waals surface area contributed by atoms with E-state index in [9.17, 15) is 4.79 Å². The molecule has 0 aliphatic heterocycles. The van der Waals surface area contributed by atoms with E-state index >= 15 is 0 Å². The van der Waals surface area contributed by atoms with Crippen LogP contribution in [0.4, 0.5) is 5.69 Å². The van der Waals surface area contributed by atoms with Gasteiger partial charge in [-0.3, -0.25) is 4.57 Å². The molecule has 0 amide bonds. The molecule has 1 saturated carbocycles. The Labute approximate surface area is 117 Å². The summed E-state index contributed by atoms with van der Waals surface area (Å²) in [6.45, 7) is 0. The lowest BCUT2D eigenvalue weighted by Gasteiger charge is -2.28. The third-order valence-electron chi connectivity index (χ3n) is 3.88. The molecular formula is C15H20N4O. The predicted molar refractivity (Wildman–Crippen MR) is 80.2 cm³/mol. The molecule has 1 aliphatic carbocycles. The highest BCUT2D eigenvalue weighted by Gasteiger charge is 2.18. The highest BCUT2D eigenvalue weighted by Crippen LogP contribution is 2.21. The van der Waals surface area contributed by atoms with Crippen molar-refractivity contribution in [2.45, 2.75) is 37.8 Å². The van der Waals surface area contributed by atoms with Crippen LogP contribution in [-0.4, -0.2) is 21.6 Å². The molecule has 1 fully saturated rings. The lowest BCUT2D eigenvalue weighted by Crippen LogP contribution is -2.34. The molecule has 2 aromatic rings. The molecule has 106 valence electrons. The average Bonchev–Trinajstić information content (AvgIpc) is 2.86. The van der Waals surface area contributed by atoms with Gasteiger partial charge in [0.1, 0.15) is 0 Å². The summed E-state index contributed by atoms with van der Waals surface area (Å²) in [5, 5.41) is 3.52. The largest absolute Gasteiger partial charge is 0.382 e. The Morgan fingerprint density at radius 3 is 2.70 bits per heavy atom. The van der Waals surface area contributed by atoms with Crippen LogP contribution in [0.3, 0.4) is 0 Å². The second kappa shape index (κ2) is 5.54. The van der Waals surface area contributed by atoms with Gasteiger partial charge in [0.05, 0.1) is 5.69 Å². The first-order valence-corrected chi connectivity index (χ1v) is 7.11. The number of benzene rings is 1. The summed E-state index contributed by atoms with van der Waals surface area (Å²) in [7, 11) is 0. The fourth-order valence-corrected chi connectivity index (χ4v) is 2.84. The van der Waals surface area contributed by atoms with Crippen molar-refractivity contribution in [3.8, 4) is 5.69 Å². The van der Waals surface area contributed by atoms with E-state index in [1.807, 2.05) is 24.3 Å². The van der Waals surface area contributed by atoms with Gasteiger partial charge in [-0.25, -0.2) is 4.79 Å². The van der Waals surface area contributed by atoms with Crippen molar-refractivity contribution < 1.29 is 0 Å². The number of rotatable bonds is 3. The van der Waals surface area contributed by atoms with Gasteiger partial charge in [-0.2, -0.15) is 0 Å². The first-order valence-electron chi connectivity index (χ1n) is 7.11. The van der Waals surface area contributed by atoms with Gasteiger partial charge in [0.25, 0.3) is 0 Å². The fourth-order valence-electron chi connectivity index (χ4n) is 2.84. The van der Waals surface area contributed by atoms with Crippen molar-refractivity contribution in [1.82, 2.24) is 9.55 Å². The summed E-state index contributed by atoms with van der Waals surface area (Å²) in [4.78, 5) is 14.2. The van der Waals surface area contributed by atoms with Gasteiger partial charge in [-0.1, -0.05) is 0 Å². The molecule has 0 saturated heterocycles. The summed E-state index contributed by atoms with van der Waals surface area (Å²) in [5.41, 5.74) is 7.82. The second-order valence-corrected chi connectivity index (χ2v) is 5.45. The zero-order valence-electron chi connectivity index (χ0n) is 11.4. The predicted octanol–water partition coefficient (Wildman–Crippen LogP) is 1.85. The molecule has 5 nitrogen and oxygen atoms in total. The van der Waals surface area contributed by atoms with E-state index in [0.29, 0.717) is 12.1 Å². The van der Waals surface area contributed by atoms with E-state index in [1.165, 1.54) is 12.8 Å². The number of hydrogen-bond donors (Lipinski definition) is 3. The highest BCUT2D eigenvalue weighted by molar-refractivity contribution is 5.49. The smallest absolute Gasteiger partial charge is 0.330 e. The first-order chi connectivity index (χ1) is 9.72. The molecule has 1 aliphatic rings. The molecule has 3 rings (SSSR count). The Hall–Kier alpha value is -2.01. The normalized spacial score (nSPS) is 22.6. The minimum atomic E-state index is -0.121. The Bertz CT molecular complexity index is 613. The summed E-state index contributed by atoms with van der Waals surface area (Å²) >= 11 is 0. The van der Waals surface area contributed by atoms with Crippen LogP contribution in [0.25, 0.3) is 5.69 Å². The molecule has 0 spiro atoms. The Morgan fingerprint density at radius 1 is 1.25 bits per heavy atom. The molecule has 0 bridgehead atoms. The topological polar surface area (TPSA) is 75.8 Å². The maximum atomic E-state index is 11.5. The molecular weight excluding hydrogens is 252 g/mol. The Morgan fingerprint density at radius 2 is 2.05 bits per heavy atom. The first kappa shape index (κ1) is 13.0. The number of hydrogen-bond acceptors (Lipinski definition) is 3. The zero-order valence-corrected chi connectivity index (χ0v) is 11.4. The maximum absolute atomic E-state index is 11.5. The Kier molecular flexibility index (Phi) is 3.60. The van der Waals surface area contributed by atoms with Crippen LogP contribution in [-0.2, 0) is 0 Å². The molecule has 1 heterocycles. The van der Waals surface area contributed by atoms with Crippen molar-refractivity contribution in [3.05, 3.63) is 47.1 Å². The van der Waals surface area contributed by atoms with Gasteiger partial charge in [-0.05, 0) is 49.9 Å². The van der Waals surface area contributed by atoms with Gasteiger partial charge in [0, 0.05) is 30.2 Å². The van der Waals surface area contributed by atoms with E-state index in [2.05, 4.69) is 10.3 Å². The molecule has 2 atom stereocenters.